The van der Waals surface area contributed by atoms with Crippen LogP contribution in [0.4, 0.5) is 5.82 Å². The van der Waals surface area contributed by atoms with Gasteiger partial charge in [-0.3, -0.25) is 14.5 Å². The first-order valence-electron chi connectivity index (χ1n) is 5.28. The Hall–Kier alpha value is -1.62. The van der Waals surface area contributed by atoms with Crippen LogP contribution in [0.2, 0.25) is 5.02 Å². The third kappa shape index (κ3) is 2.39. The summed E-state index contributed by atoms with van der Waals surface area (Å²) in [6.07, 6.45) is 0.560. The highest BCUT2D eigenvalue weighted by molar-refractivity contribution is 6.31. The number of halogens is 1. The van der Waals surface area contributed by atoms with Crippen LogP contribution in [-0.2, 0) is 16.1 Å². The van der Waals surface area contributed by atoms with Gasteiger partial charge in [-0.2, -0.15) is 0 Å². The highest BCUT2D eigenvalue weighted by atomic mass is 35.5. The summed E-state index contributed by atoms with van der Waals surface area (Å²) < 4.78 is 0. The molecule has 2 rings (SSSR count). The van der Waals surface area contributed by atoms with Crippen LogP contribution in [-0.4, -0.2) is 28.7 Å². The molecule has 1 saturated heterocycles. The number of carbonyl (C=O) groups is 2. The summed E-state index contributed by atoms with van der Waals surface area (Å²) in [6, 6.07) is 3.43. The lowest BCUT2D eigenvalue weighted by atomic mass is 10.3. The molecule has 0 aromatic carbocycles. The third-order valence-corrected chi connectivity index (χ3v) is 2.98. The fraction of sp³-hybridized carbons (Fsp3) is 0.364. The summed E-state index contributed by atoms with van der Waals surface area (Å²) >= 11 is 5.99. The van der Waals surface area contributed by atoms with Crippen LogP contribution in [0.25, 0.3) is 0 Å². The molecule has 1 N–H and O–H groups in total. The number of hydrogen-bond acceptors (Lipinski definition) is 4. The minimum Gasteiger partial charge on any atom is -0.373 e. The second-order valence-electron chi connectivity index (χ2n) is 3.75. The van der Waals surface area contributed by atoms with Gasteiger partial charge in [-0.25, -0.2) is 4.98 Å². The Kier molecular flexibility index (Phi) is 3.28. The minimum absolute atomic E-state index is 0.145. The van der Waals surface area contributed by atoms with E-state index in [-0.39, 0.29) is 31.2 Å². The quantitative estimate of drug-likeness (QED) is 0.828. The average Bonchev–Trinajstić information content (AvgIpc) is 2.63. The zero-order valence-electron chi connectivity index (χ0n) is 9.36. The van der Waals surface area contributed by atoms with Crippen molar-refractivity contribution in [1.29, 1.82) is 0 Å². The van der Waals surface area contributed by atoms with Crippen molar-refractivity contribution in [1.82, 2.24) is 9.88 Å². The molecule has 17 heavy (non-hydrogen) atoms. The summed E-state index contributed by atoms with van der Waals surface area (Å²) in [5.74, 6) is 0.328. The van der Waals surface area contributed by atoms with Gasteiger partial charge in [0, 0.05) is 19.9 Å². The molecule has 0 spiro atoms. The average molecular weight is 254 g/mol. The molecule has 1 aliphatic heterocycles. The van der Waals surface area contributed by atoms with Gasteiger partial charge in [0.1, 0.15) is 5.82 Å². The molecule has 1 aromatic rings. The van der Waals surface area contributed by atoms with E-state index in [2.05, 4.69) is 10.3 Å². The van der Waals surface area contributed by atoms with Gasteiger partial charge in [0.25, 0.3) is 0 Å². The Morgan fingerprint density at radius 2 is 2.00 bits per heavy atom. The van der Waals surface area contributed by atoms with Gasteiger partial charge in [0.15, 0.2) is 0 Å². The first kappa shape index (κ1) is 11.9. The molecular formula is C11H12ClN3O2. The highest BCUT2D eigenvalue weighted by Crippen LogP contribution is 2.21. The summed E-state index contributed by atoms with van der Waals surface area (Å²) in [7, 11) is 1.74. The molecule has 1 aliphatic rings. The molecule has 6 heteroatoms. The van der Waals surface area contributed by atoms with Crippen LogP contribution in [0.1, 0.15) is 18.5 Å². The molecule has 90 valence electrons. The fourth-order valence-corrected chi connectivity index (χ4v) is 1.85. The van der Waals surface area contributed by atoms with Crippen molar-refractivity contribution in [2.75, 3.05) is 12.4 Å². The van der Waals surface area contributed by atoms with E-state index in [1.807, 2.05) is 0 Å². The van der Waals surface area contributed by atoms with Crippen molar-refractivity contribution < 1.29 is 9.59 Å². The van der Waals surface area contributed by atoms with Gasteiger partial charge in [-0.15, -0.1) is 0 Å². The van der Waals surface area contributed by atoms with E-state index in [4.69, 9.17) is 11.6 Å². The first-order valence-corrected chi connectivity index (χ1v) is 5.66. The summed E-state index contributed by atoms with van der Waals surface area (Å²) in [5.41, 5.74) is 0.530. The smallest absolute Gasteiger partial charge is 0.230 e. The zero-order valence-corrected chi connectivity index (χ0v) is 10.1. The van der Waals surface area contributed by atoms with E-state index < -0.39 is 0 Å². The SMILES string of the molecule is CNc1ccc(Cl)c(CN2C(=O)CCC2=O)n1. The maximum atomic E-state index is 11.5. The lowest BCUT2D eigenvalue weighted by molar-refractivity contribution is -0.139. The second kappa shape index (κ2) is 4.71. The molecule has 5 nitrogen and oxygen atoms in total. The van der Waals surface area contributed by atoms with Crippen molar-refractivity contribution in [3.8, 4) is 0 Å². The van der Waals surface area contributed by atoms with Crippen LogP contribution in [0.5, 0.6) is 0 Å². The number of amides is 2. The van der Waals surface area contributed by atoms with Crippen molar-refractivity contribution in [3.05, 3.63) is 22.8 Å². The molecule has 0 unspecified atom stereocenters. The number of imide groups is 1. The van der Waals surface area contributed by atoms with Crippen molar-refractivity contribution in [2.45, 2.75) is 19.4 Å². The lowest BCUT2D eigenvalue weighted by Gasteiger charge is -2.14. The topological polar surface area (TPSA) is 62.3 Å². The van der Waals surface area contributed by atoms with Crippen LogP contribution < -0.4 is 5.32 Å². The third-order valence-electron chi connectivity index (χ3n) is 2.64. The number of nitrogens with one attached hydrogen (secondary N) is 1. The largest absolute Gasteiger partial charge is 0.373 e. The molecule has 2 amide bonds. The van der Waals surface area contributed by atoms with E-state index in [0.717, 1.165) is 0 Å². The molecular weight excluding hydrogens is 242 g/mol. The number of rotatable bonds is 3. The van der Waals surface area contributed by atoms with E-state index in [0.29, 0.717) is 16.5 Å². The van der Waals surface area contributed by atoms with E-state index in [1.165, 1.54) is 4.90 Å². The number of hydrogen-bond donors (Lipinski definition) is 1. The van der Waals surface area contributed by atoms with Crippen molar-refractivity contribution >= 4 is 29.2 Å². The Morgan fingerprint density at radius 1 is 1.35 bits per heavy atom. The number of anilines is 1. The van der Waals surface area contributed by atoms with E-state index in [9.17, 15) is 9.59 Å². The molecule has 0 bridgehead atoms. The highest BCUT2D eigenvalue weighted by Gasteiger charge is 2.29. The van der Waals surface area contributed by atoms with Crippen LogP contribution in [0, 0.1) is 0 Å². The zero-order chi connectivity index (χ0) is 12.4. The van der Waals surface area contributed by atoms with Crippen molar-refractivity contribution in [2.24, 2.45) is 0 Å². The van der Waals surface area contributed by atoms with Crippen LogP contribution in [0.3, 0.4) is 0 Å². The summed E-state index contributed by atoms with van der Waals surface area (Å²) in [4.78, 5) is 28.4. The number of likely N-dealkylation sites (tertiary alicyclic amines) is 1. The molecule has 0 saturated carbocycles. The fourth-order valence-electron chi connectivity index (χ4n) is 1.68. The number of nitrogens with zero attached hydrogens (tertiary/aromatic N) is 2. The maximum absolute atomic E-state index is 11.5. The minimum atomic E-state index is -0.164. The Morgan fingerprint density at radius 3 is 2.59 bits per heavy atom. The Labute approximate surface area is 104 Å². The monoisotopic (exact) mass is 253 g/mol. The van der Waals surface area contributed by atoms with Crippen molar-refractivity contribution in [3.63, 3.8) is 0 Å². The van der Waals surface area contributed by atoms with E-state index >= 15 is 0 Å². The van der Waals surface area contributed by atoms with Gasteiger partial charge < -0.3 is 5.32 Å². The molecule has 1 fully saturated rings. The maximum Gasteiger partial charge on any atom is 0.230 e. The van der Waals surface area contributed by atoms with Gasteiger partial charge >= 0.3 is 0 Å². The normalized spacial score (nSPS) is 15.5. The molecule has 1 aromatic heterocycles. The number of pyridine rings is 1. The summed E-state index contributed by atoms with van der Waals surface area (Å²) in [5, 5.41) is 3.34. The second-order valence-corrected chi connectivity index (χ2v) is 4.16. The van der Waals surface area contributed by atoms with Crippen LogP contribution in [0.15, 0.2) is 12.1 Å². The van der Waals surface area contributed by atoms with Gasteiger partial charge in [0.2, 0.25) is 11.8 Å². The van der Waals surface area contributed by atoms with Crippen LogP contribution >= 0.6 is 11.6 Å². The molecule has 2 heterocycles. The molecule has 0 radical (unpaired) electrons. The van der Waals surface area contributed by atoms with Gasteiger partial charge in [-0.05, 0) is 12.1 Å². The predicted octanol–water partition coefficient (Wildman–Crippen LogP) is 1.43. The number of aromatic nitrogens is 1. The van der Waals surface area contributed by atoms with Gasteiger partial charge in [-0.1, -0.05) is 11.6 Å². The summed E-state index contributed by atoms with van der Waals surface area (Å²) in [6.45, 7) is 0.145. The first-order chi connectivity index (χ1) is 8.11. The standard InChI is InChI=1S/C11H12ClN3O2/c1-13-9-3-2-7(12)8(14-9)6-15-10(16)4-5-11(15)17/h2-3H,4-6H2,1H3,(H,13,14). The molecule has 0 atom stereocenters. The Bertz CT molecular complexity index is 460. The lowest BCUT2D eigenvalue weighted by Crippen LogP contribution is -2.29. The molecule has 0 aliphatic carbocycles. The van der Waals surface area contributed by atoms with Gasteiger partial charge in [0.05, 0.1) is 17.3 Å². The van der Waals surface area contributed by atoms with E-state index in [1.54, 1.807) is 19.2 Å². The Balaban J connectivity index is 2.23. The predicted molar refractivity (Wildman–Crippen MR) is 63.6 cm³/mol. The number of carbonyl (C=O) groups excluding carboxylic acids is 2.